The summed E-state index contributed by atoms with van der Waals surface area (Å²) >= 11 is 10.6. The first-order valence-electron chi connectivity index (χ1n) is 7.13. The average molecular weight is 390 g/mol. The van der Waals surface area contributed by atoms with Crippen LogP contribution in [0.4, 0.5) is 30.4 Å². The van der Waals surface area contributed by atoms with Crippen LogP contribution >= 0.6 is 23.8 Å². The number of benzene rings is 1. The monoisotopic (exact) mass is 389 g/mol. The Morgan fingerprint density at radius 3 is 2.40 bits per heavy atom. The van der Waals surface area contributed by atoms with Crippen molar-refractivity contribution in [2.45, 2.75) is 6.18 Å². The Morgan fingerprint density at radius 1 is 1.16 bits per heavy atom. The van der Waals surface area contributed by atoms with Gasteiger partial charge in [0, 0.05) is 19.3 Å². The lowest BCUT2D eigenvalue weighted by Crippen LogP contribution is -2.21. The maximum Gasteiger partial charge on any atom is 0.417 e. The molecule has 0 fully saturated rings. The molecule has 1 aromatic carbocycles. The number of rotatable bonds is 6. The van der Waals surface area contributed by atoms with Crippen molar-refractivity contribution in [3.63, 3.8) is 0 Å². The molecule has 0 aliphatic rings. The summed E-state index contributed by atoms with van der Waals surface area (Å²) in [5.41, 5.74) is 6.07. The number of nitrogens with two attached hydrogens (primary N) is 1. The van der Waals surface area contributed by atoms with Crippen LogP contribution in [0.3, 0.4) is 0 Å². The lowest BCUT2D eigenvalue weighted by atomic mass is 10.2. The molecule has 0 radical (unpaired) electrons. The highest BCUT2D eigenvalue weighted by Crippen LogP contribution is 2.32. The molecular formula is C15H15ClF3N5S. The Hall–Kier alpha value is -2.26. The predicted molar refractivity (Wildman–Crippen MR) is 98.1 cm³/mol. The second-order valence-corrected chi connectivity index (χ2v) is 5.79. The maximum absolute atomic E-state index is 12.6. The van der Waals surface area contributed by atoms with Gasteiger partial charge in [0.15, 0.2) is 5.11 Å². The zero-order valence-electron chi connectivity index (χ0n) is 12.8. The van der Waals surface area contributed by atoms with E-state index in [1.54, 1.807) is 0 Å². The van der Waals surface area contributed by atoms with Crippen LogP contribution in [-0.4, -0.2) is 23.2 Å². The quantitative estimate of drug-likeness (QED) is 0.443. The first-order chi connectivity index (χ1) is 11.8. The minimum Gasteiger partial charge on any atom is -0.382 e. The third kappa shape index (κ3) is 5.64. The van der Waals surface area contributed by atoms with Crippen molar-refractivity contribution in [3.8, 4) is 0 Å². The number of para-hydroxylation sites is 2. The van der Waals surface area contributed by atoms with Gasteiger partial charge in [-0.1, -0.05) is 23.7 Å². The molecule has 1 aromatic heterocycles. The van der Waals surface area contributed by atoms with Gasteiger partial charge in [0.2, 0.25) is 0 Å². The van der Waals surface area contributed by atoms with E-state index in [-0.39, 0.29) is 16.0 Å². The first kappa shape index (κ1) is 19.1. The highest BCUT2D eigenvalue weighted by atomic mass is 35.5. The Balaban J connectivity index is 1.91. The fraction of sp³-hybridized carbons (Fsp3) is 0.200. The summed E-state index contributed by atoms with van der Waals surface area (Å²) < 4.78 is 37.7. The van der Waals surface area contributed by atoms with Crippen molar-refractivity contribution >= 4 is 46.1 Å². The van der Waals surface area contributed by atoms with E-state index in [0.29, 0.717) is 13.1 Å². The van der Waals surface area contributed by atoms with Gasteiger partial charge in [-0.25, -0.2) is 4.98 Å². The van der Waals surface area contributed by atoms with Crippen molar-refractivity contribution < 1.29 is 13.2 Å². The number of hydrogen-bond donors (Lipinski definition) is 4. The number of hydrogen-bond acceptors (Lipinski definition) is 4. The summed E-state index contributed by atoms with van der Waals surface area (Å²) in [4.78, 5) is 3.71. The molecule has 0 amide bonds. The molecule has 0 saturated carbocycles. The molecule has 134 valence electrons. The van der Waals surface area contributed by atoms with Gasteiger partial charge in [0.05, 0.1) is 22.0 Å². The maximum atomic E-state index is 12.6. The van der Waals surface area contributed by atoms with Crippen LogP contribution in [0.2, 0.25) is 5.02 Å². The molecule has 5 N–H and O–H groups in total. The van der Waals surface area contributed by atoms with Crippen LogP contribution in [0.1, 0.15) is 5.56 Å². The number of alkyl halides is 3. The summed E-state index contributed by atoms with van der Waals surface area (Å²) in [5.74, 6) is 0.186. The van der Waals surface area contributed by atoms with Gasteiger partial charge in [0.25, 0.3) is 0 Å². The van der Waals surface area contributed by atoms with Crippen LogP contribution in [0.5, 0.6) is 0 Å². The SMILES string of the molecule is NC(=S)Nc1ccccc1NCCNc1ncc(C(F)(F)F)cc1Cl. The van der Waals surface area contributed by atoms with E-state index >= 15 is 0 Å². The predicted octanol–water partition coefficient (Wildman–Crippen LogP) is 3.93. The molecule has 0 bridgehead atoms. The Morgan fingerprint density at radius 2 is 1.80 bits per heavy atom. The smallest absolute Gasteiger partial charge is 0.382 e. The van der Waals surface area contributed by atoms with Crippen LogP contribution in [0.25, 0.3) is 0 Å². The minimum absolute atomic E-state index is 0.0922. The topological polar surface area (TPSA) is 75.0 Å². The summed E-state index contributed by atoms with van der Waals surface area (Å²) in [7, 11) is 0. The standard InChI is InChI=1S/C15H15ClF3N5S/c16-10-7-9(15(17,18)19)8-23-13(10)22-6-5-21-11-3-1-2-4-12(11)24-14(20)25/h1-4,7-8,21H,5-6H2,(H,22,23)(H3,20,24,25). The number of nitrogens with zero attached hydrogens (tertiary/aromatic N) is 1. The Labute approximate surface area is 152 Å². The number of thiocarbonyl (C=S) groups is 1. The van der Waals surface area contributed by atoms with E-state index in [0.717, 1.165) is 23.6 Å². The van der Waals surface area contributed by atoms with E-state index in [9.17, 15) is 13.2 Å². The van der Waals surface area contributed by atoms with Gasteiger partial charge in [-0.15, -0.1) is 0 Å². The van der Waals surface area contributed by atoms with Crippen LogP contribution in [0, 0.1) is 0 Å². The lowest BCUT2D eigenvalue weighted by molar-refractivity contribution is -0.137. The minimum atomic E-state index is -4.48. The second-order valence-electron chi connectivity index (χ2n) is 4.94. The van der Waals surface area contributed by atoms with E-state index in [1.165, 1.54) is 0 Å². The van der Waals surface area contributed by atoms with Crippen LogP contribution in [0.15, 0.2) is 36.5 Å². The van der Waals surface area contributed by atoms with Crippen molar-refractivity contribution in [2.24, 2.45) is 5.73 Å². The van der Waals surface area contributed by atoms with E-state index < -0.39 is 11.7 Å². The van der Waals surface area contributed by atoms with E-state index in [4.69, 9.17) is 29.6 Å². The molecule has 2 aromatic rings. The number of halogens is 4. The fourth-order valence-electron chi connectivity index (χ4n) is 1.98. The van der Waals surface area contributed by atoms with Crippen LogP contribution in [-0.2, 0) is 6.18 Å². The van der Waals surface area contributed by atoms with Gasteiger partial charge in [-0.3, -0.25) is 0 Å². The Kier molecular flexibility index (Phi) is 6.27. The third-order valence-corrected chi connectivity index (χ3v) is 3.48. The van der Waals surface area contributed by atoms with Crippen molar-refractivity contribution in [1.29, 1.82) is 0 Å². The van der Waals surface area contributed by atoms with Crippen molar-refractivity contribution in [2.75, 3.05) is 29.0 Å². The van der Waals surface area contributed by atoms with Crippen molar-refractivity contribution in [1.82, 2.24) is 4.98 Å². The van der Waals surface area contributed by atoms with Gasteiger partial charge >= 0.3 is 6.18 Å². The molecule has 10 heteroatoms. The van der Waals surface area contributed by atoms with E-state index in [2.05, 4.69) is 20.9 Å². The number of aromatic nitrogens is 1. The molecular weight excluding hydrogens is 375 g/mol. The second kappa shape index (κ2) is 8.21. The van der Waals surface area contributed by atoms with Crippen LogP contribution < -0.4 is 21.7 Å². The lowest BCUT2D eigenvalue weighted by Gasteiger charge is -2.14. The summed E-state index contributed by atoms with van der Waals surface area (Å²) in [6.45, 7) is 0.856. The third-order valence-electron chi connectivity index (χ3n) is 3.09. The number of anilines is 3. The fourth-order valence-corrected chi connectivity index (χ4v) is 2.32. The molecule has 25 heavy (non-hydrogen) atoms. The largest absolute Gasteiger partial charge is 0.417 e. The summed E-state index contributed by atoms with van der Waals surface area (Å²) in [5, 5.41) is 8.93. The average Bonchev–Trinajstić information content (AvgIpc) is 2.52. The molecule has 0 aliphatic carbocycles. The molecule has 0 unspecified atom stereocenters. The zero-order chi connectivity index (χ0) is 18.4. The zero-order valence-corrected chi connectivity index (χ0v) is 14.4. The van der Waals surface area contributed by atoms with Crippen molar-refractivity contribution in [3.05, 3.63) is 47.1 Å². The molecule has 0 spiro atoms. The van der Waals surface area contributed by atoms with Gasteiger partial charge < -0.3 is 21.7 Å². The normalized spacial score (nSPS) is 11.0. The Bertz CT molecular complexity index is 754. The molecule has 0 saturated heterocycles. The van der Waals surface area contributed by atoms with Gasteiger partial charge in [-0.05, 0) is 30.4 Å². The highest BCUT2D eigenvalue weighted by molar-refractivity contribution is 7.80. The first-order valence-corrected chi connectivity index (χ1v) is 7.92. The number of nitrogens with one attached hydrogen (secondary N) is 3. The summed E-state index contributed by atoms with van der Waals surface area (Å²) in [6.07, 6.45) is -3.74. The molecule has 2 rings (SSSR count). The van der Waals surface area contributed by atoms with Gasteiger partial charge in [-0.2, -0.15) is 13.2 Å². The summed E-state index contributed by atoms with van der Waals surface area (Å²) in [6, 6.07) is 8.16. The highest BCUT2D eigenvalue weighted by Gasteiger charge is 2.31. The molecule has 0 atom stereocenters. The molecule has 5 nitrogen and oxygen atoms in total. The molecule has 1 heterocycles. The van der Waals surface area contributed by atoms with E-state index in [1.807, 2.05) is 24.3 Å². The number of pyridine rings is 1. The molecule has 0 aliphatic heterocycles. The van der Waals surface area contributed by atoms with Gasteiger partial charge in [0.1, 0.15) is 5.82 Å².